The second-order valence-electron chi connectivity index (χ2n) is 10.5. The molecule has 4 heterocycles. The maximum Gasteiger partial charge on any atom is 0.241 e. The maximum atomic E-state index is 13.0. The highest BCUT2D eigenvalue weighted by molar-refractivity contribution is 7.80. The van der Waals surface area contributed by atoms with Crippen LogP contribution in [0.3, 0.4) is 0 Å². The van der Waals surface area contributed by atoms with Crippen molar-refractivity contribution in [2.75, 3.05) is 14.1 Å². The molecule has 0 bridgehead atoms. The number of fused-ring (bicyclic) bond motifs is 5. The molecule has 1 fully saturated rings. The molecule has 5 nitrogen and oxygen atoms in total. The number of rotatable bonds is 2. The fraction of sp³-hybridized carbons (Fsp3) is 0.321. The van der Waals surface area contributed by atoms with Crippen LogP contribution in [0.25, 0.3) is 26.8 Å². The minimum atomic E-state index is -0.756. The van der Waals surface area contributed by atoms with Crippen molar-refractivity contribution in [2.24, 2.45) is 5.92 Å². The molecule has 4 aromatic rings. The second-order valence-corrected chi connectivity index (χ2v) is 11.9. The molecule has 6 rings (SSSR count). The molecule has 0 aliphatic carbocycles. The number of nitrogens with zero attached hydrogens (tertiary/aromatic N) is 3. The zero-order valence-corrected chi connectivity index (χ0v) is 22.4. The highest BCUT2D eigenvalue weighted by atomic mass is 32.1. The van der Waals surface area contributed by atoms with E-state index in [0.717, 1.165) is 4.88 Å². The fourth-order valence-corrected chi connectivity index (χ4v) is 7.31. The minimum absolute atomic E-state index is 0.205. The summed E-state index contributed by atoms with van der Waals surface area (Å²) in [5, 5.41) is 3.98. The van der Waals surface area contributed by atoms with Crippen molar-refractivity contribution >= 4 is 62.3 Å². The van der Waals surface area contributed by atoms with Gasteiger partial charge in [-0.25, -0.2) is 0 Å². The Kier molecular flexibility index (Phi) is 4.64. The lowest BCUT2D eigenvalue weighted by Crippen LogP contribution is -2.57. The average Bonchev–Trinajstić information content (AvgIpc) is 3.37. The lowest BCUT2D eigenvalue weighted by Gasteiger charge is -2.35. The molecule has 0 saturated carbocycles. The van der Waals surface area contributed by atoms with Gasteiger partial charge in [-0.3, -0.25) is 19.4 Å². The predicted octanol–water partition coefficient (Wildman–Crippen LogP) is 5.48. The number of benzene rings is 2. The molecule has 2 aromatic carbocycles. The summed E-state index contributed by atoms with van der Waals surface area (Å²) < 4.78 is 2.39. The lowest BCUT2D eigenvalue weighted by atomic mass is 9.75. The number of carbonyl (C=O) groups excluding carboxylic acids is 2. The molecule has 0 radical (unpaired) electrons. The molecule has 2 aliphatic heterocycles. The Labute approximate surface area is 213 Å². The zero-order chi connectivity index (χ0) is 25.0. The molecule has 0 unspecified atom stereocenters. The van der Waals surface area contributed by atoms with Gasteiger partial charge in [-0.2, -0.15) is 0 Å². The Morgan fingerprint density at radius 1 is 0.914 bits per heavy atom. The standard InChI is InChI=1S/C28H27N3O2S2/c1-14-7-8-22-17(9-14)18-10-15(2)11-20-23(18)31(22)26-21(28(20,3)4)13-16(35-26)12-19-24(32)29(5)27(34)30(6)25(19)33/h7-11,13,19H,12H2,1-6H3. The van der Waals surface area contributed by atoms with Crippen LogP contribution in [-0.4, -0.2) is 45.4 Å². The van der Waals surface area contributed by atoms with Gasteiger partial charge < -0.3 is 4.57 Å². The Bertz CT molecular complexity index is 1600. The van der Waals surface area contributed by atoms with Crippen LogP contribution in [0.5, 0.6) is 0 Å². The lowest BCUT2D eigenvalue weighted by molar-refractivity contribution is -0.145. The monoisotopic (exact) mass is 501 g/mol. The summed E-state index contributed by atoms with van der Waals surface area (Å²) in [5.41, 5.74) is 7.29. The molecule has 178 valence electrons. The molecule has 2 aliphatic rings. The summed E-state index contributed by atoms with van der Waals surface area (Å²) >= 11 is 6.96. The molecule has 7 heteroatoms. The minimum Gasteiger partial charge on any atom is -0.300 e. The molecule has 0 N–H and O–H groups in total. The highest BCUT2D eigenvalue weighted by Crippen LogP contribution is 2.50. The summed E-state index contributed by atoms with van der Waals surface area (Å²) in [6.07, 6.45) is 0.375. The summed E-state index contributed by atoms with van der Waals surface area (Å²) in [6.45, 7) is 8.85. The molecule has 35 heavy (non-hydrogen) atoms. The van der Waals surface area contributed by atoms with Crippen LogP contribution < -0.4 is 0 Å². The number of amides is 2. The topological polar surface area (TPSA) is 45.6 Å². The van der Waals surface area contributed by atoms with Crippen molar-refractivity contribution in [3.05, 3.63) is 63.5 Å². The van der Waals surface area contributed by atoms with Gasteiger partial charge in [-0.15, -0.1) is 11.3 Å². The van der Waals surface area contributed by atoms with E-state index >= 15 is 0 Å². The van der Waals surface area contributed by atoms with E-state index in [2.05, 4.69) is 68.7 Å². The van der Waals surface area contributed by atoms with Gasteiger partial charge in [-0.05, 0) is 61.5 Å². The smallest absolute Gasteiger partial charge is 0.241 e. The van der Waals surface area contributed by atoms with Gasteiger partial charge in [-0.1, -0.05) is 37.1 Å². The van der Waals surface area contributed by atoms with Crippen molar-refractivity contribution in [2.45, 2.75) is 39.5 Å². The third-order valence-corrected chi connectivity index (χ3v) is 9.40. The molecule has 2 amide bonds. The highest BCUT2D eigenvalue weighted by Gasteiger charge is 2.42. The summed E-state index contributed by atoms with van der Waals surface area (Å²) in [4.78, 5) is 29.9. The Morgan fingerprint density at radius 3 is 2.26 bits per heavy atom. The zero-order valence-electron chi connectivity index (χ0n) is 20.7. The first kappa shape index (κ1) is 22.4. The van der Waals surface area contributed by atoms with E-state index in [1.54, 1.807) is 25.4 Å². The van der Waals surface area contributed by atoms with E-state index < -0.39 is 5.92 Å². The van der Waals surface area contributed by atoms with Crippen LogP contribution >= 0.6 is 23.6 Å². The maximum absolute atomic E-state index is 13.0. The quantitative estimate of drug-likeness (QED) is 0.270. The summed E-state index contributed by atoms with van der Waals surface area (Å²) in [7, 11) is 3.29. The summed E-state index contributed by atoms with van der Waals surface area (Å²) in [6, 6.07) is 13.5. The molecule has 0 atom stereocenters. The average molecular weight is 502 g/mol. The van der Waals surface area contributed by atoms with E-state index in [9.17, 15) is 9.59 Å². The van der Waals surface area contributed by atoms with Gasteiger partial charge in [0.25, 0.3) is 0 Å². The van der Waals surface area contributed by atoms with E-state index in [0.29, 0.717) is 6.42 Å². The Morgan fingerprint density at radius 2 is 1.57 bits per heavy atom. The van der Waals surface area contributed by atoms with Crippen molar-refractivity contribution in [1.29, 1.82) is 0 Å². The van der Waals surface area contributed by atoms with E-state index in [1.165, 1.54) is 58.9 Å². The second kappa shape index (κ2) is 7.24. The fourth-order valence-electron chi connectivity index (χ4n) is 5.75. The number of thiophene rings is 1. The van der Waals surface area contributed by atoms with Crippen LogP contribution in [0.2, 0.25) is 0 Å². The number of carbonyl (C=O) groups is 2. The third kappa shape index (κ3) is 2.94. The molecular formula is C28H27N3O2S2. The number of aryl methyl sites for hydroxylation is 2. The van der Waals surface area contributed by atoms with Crippen molar-refractivity contribution in [1.82, 2.24) is 14.4 Å². The number of hydrogen-bond donors (Lipinski definition) is 0. The van der Waals surface area contributed by atoms with Gasteiger partial charge >= 0.3 is 0 Å². The first-order chi connectivity index (χ1) is 16.5. The molecule has 1 saturated heterocycles. The van der Waals surface area contributed by atoms with Gasteiger partial charge in [0.05, 0.1) is 11.0 Å². The van der Waals surface area contributed by atoms with Crippen LogP contribution in [0, 0.1) is 19.8 Å². The number of thiocarbonyl (C=S) groups is 1. The Balaban J connectivity index is 1.56. The van der Waals surface area contributed by atoms with E-state index in [1.807, 2.05) is 0 Å². The van der Waals surface area contributed by atoms with Crippen molar-refractivity contribution in [3.63, 3.8) is 0 Å². The van der Waals surface area contributed by atoms with Gasteiger partial charge in [0.2, 0.25) is 11.8 Å². The third-order valence-electron chi connectivity index (χ3n) is 7.71. The van der Waals surface area contributed by atoms with Gasteiger partial charge in [0.1, 0.15) is 10.9 Å². The molecule has 0 spiro atoms. The first-order valence-electron chi connectivity index (χ1n) is 11.8. The molecular weight excluding hydrogens is 474 g/mol. The van der Waals surface area contributed by atoms with Crippen LogP contribution in [0.15, 0.2) is 36.4 Å². The molecule has 2 aromatic heterocycles. The number of hydrogen-bond acceptors (Lipinski definition) is 4. The SMILES string of the molecule is Cc1ccc2c(c1)c1cc(C)cc3c1n2-c1sc(CC2C(=O)N(C)C(=S)N(C)C2=O)cc1C3(C)C. The van der Waals surface area contributed by atoms with Crippen molar-refractivity contribution < 1.29 is 9.59 Å². The van der Waals surface area contributed by atoms with Crippen LogP contribution in [0.1, 0.15) is 41.0 Å². The van der Waals surface area contributed by atoms with Crippen LogP contribution in [0.4, 0.5) is 0 Å². The first-order valence-corrected chi connectivity index (χ1v) is 13.0. The normalized spacial score (nSPS) is 17.7. The number of aromatic nitrogens is 1. The van der Waals surface area contributed by atoms with Crippen LogP contribution in [-0.2, 0) is 21.4 Å². The van der Waals surface area contributed by atoms with Gasteiger partial charge in [0.15, 0.2) is 5.11 Å². The van der Waals surface area contributed by atoms with E-state index in [-0.39, 0.29) is 22.3 Å². The summed E-state index contributed by atoms with van der Waals surface area (Å²) in [5.74, 6) is -1.22. The van der Waals surface area contributed by atoms with Gasteiger partial charge in [0, 0.05) is 41.6 Å². The van der Waals surface area contributed by atoms with Crippen molar-refractivity contribution in [3.8, 4) is 5.00 Å². The Hall–Kier alpha value is -3.03. The van der Waals surface area contributed by atoms with E-state index in [4.69, 9.17) is 12.2 Å². The largest absolute Gasteiger partial charge is 0.300 e. The predicted molar refractivity (Wildman–Crippen MR) is 146 cm³/mol.